The molecule has 1 saturated heterocycles. The molecule has 20 heavy (non-hydrogen) atoms. The average Bonchev–Trinajstić information content (AvgIpc) is 2.99. The molecular weight excluding hydrogens is 268 g/mol. The van der Waals surface area contributed by atoms with Crippen molar-refractivity contribution in [1.82, 2.24) is 14.3 Å². The molecule has 1 aromatic carbocycles. The molecule has 1 aliphatic rings. The summed E-state index contributed by atoms with van der Waals surface area (Å²) in [4.78, 5) is 1.58. The molecule has 0 saturated carbocycles. The maximum absolute atomic E-state index is 5.62. The molecule has 0 unspecified atom stereocenters. The normalized spacial score (nSPS) is 15.9. The molecule has 1 aliphatic heterocycles. The van der Waals surface area contributed by atoms with Crippen LogP contribution in [0.25, 0.3) is 5.69 Å². The largest absolute Gasteiger partial charge is 0.316 e. The summed E-state index contributed by atoms with van der Waals surface area (Å²) in [6.45, 7) is 7.48. The van der Waals surface area contributed by atoms with Gasteiger partial charge in [-0.25, -0.2) is 0 Å². The zero-order chi connectivity index (χ0) is 14.1. The Hall–Kier alpha value is -1.46. The first-order chi connectivity index (χ1) is 9.65. The smallest absolute Gasteiger partial charge is 0.207 e. The maximum Gasteiger partial charge on any atom is 0.207 e. The maximum atomic E-state index is 5.62. The van der Waals surface area contributed by atoms with Gasteiger partial charge in [0.15, 0.2) is 6.67 Å². The highest BCUT2D eigenvalue weighted by molar-refractivity contribution is 7.71. The van der Waals surface area contributed by atoms with E-state index in [-0.39, 0.29) is 0 Å². The Bertz CT molecular complexity index is 665. The molecule has 4 nitrogen and oxygen atoms in total. The van der Waals surface area contributed by atoms with Crippen molar-refractivity contribution in [3.63, 3.8) is 0 Å². The van der Waals surface area contributed by atoms with Crippen molar-refractivity contribution >= 4 is 12.2 Å². The van der Waals surface area contributed by atoms with Crippen LogP contribution in [0.2, 0.25) is 0 Å². The number of nitrogens with one attached hydrogen (secondary N) is 1. The lowest BCUT2D eigenvalue weighted by molar-refractivity contribution is -0.911. The summed E-state index contributed by atoms with van der Waals surface area (Å²) in [5.41, 5.74) is 2.34. The van der Waals surface area contributed by atoms with Gasteiger partial charge in [-0.3, -0.25) is 4.57 Å². The van der Waals surface area contributed by atoms with Crippen LogP contribution in [-0.2, 0) is 6.67 Å². The Morgan fingerprint density at radius 1 is 1.25 bits per heavy atom. The zero-order valence-corrected chi connectivity index (χ0v) is 12.9. The minimum Gasteiger partial charge on any atom is -0.316 e. The number of likely N-dealkylation sites (tertiary alicyclic amines) is 1. The fourth-order valence-electron chi connectivity index (χ4n) is 2.93. The van der Waals surface area contributed by atoms with Gasteiger partial charge in [-0.2, -0.15) is 9.78 Å². The van der Waals surface area contributed by atoms with Crippen molar-refractivity contribution in [2.75, 3.05) is 13.1 Å². The molecule has 1 aromatic heterocycles. The van der Waals surface area contributed by atoms with Gasteiger partial charge in [0.1, 0.15) is 5.82 Å². The lowest BCUT2D eigenvalue weighted by Gasteiger charge is -2.11. The Kier molecular flexibility index (Phi) is 3.72. The van der Waals surface area contributed by atoms with Gasteiger partial charge in [0, 0.05) is 18.5 Å². The van der Waals surface area contributed by atoms with Crippen LogP contribution in [0.15, 0.2) is 24.3 Å². The number of rotatable bonds is 3. The fraction of sp³-hybridized carbons (Fsp3) is 0.467. The van der Waals surface area contributed by atoms with Gasteiger partial charge in [0.05, 0.1) is 13.1 Å². The van der Waals surface area contributed by atoms with Gasteiger partial charge in [-0.05, 0) is 43.8 Å². The third-order valence-corrected chi connectivity index (χ3v) is 4.34. The van der Waals surface area contributed by atoms with Gasteiger partial charge in [-0.15, -0.1) is 0 Å². The molecule has 3 rings (SSSR count). The number of quaternary nitrogens is 1. The third-order valence-electron chi connectivity index (χ3n) is 3.95. The van der Waals surface area contributed by atoms with E-state index in [4.69, 9.17) is 12.2 Å². The van der Waals surface area contributed by atoms with Crippen LogP contribution in [-0.4, -0.2) is 27.4 Å². The van der Waals surface area contributed by atoms with Gasteiger partial charge >= 0.3 is 0 Å². The minimum absolute atomic E-state index is 0.799. The van der Waals surface area contributed by atoms with Crippen LogP contribution in [0.1, 0.15) is 24.2 Å². The molecule has 0 atom stereocenters. The van der Waals surface area contributed by atoms with Crippen LogP contribution in [0, 0.1) is 18.6 Å². The molecule has 0 spiro atoms. The topological polar surface area (TPSA) is 27.2 Å². The summed E-state index contributed by atoms with van der Waals surface area (Å²) in [6, 6.07) is 8.40. The lowest BCUT2D eigenvalue weighted by Crippen LogP contribution is -3.09. The second kappa shape index (κ2) is 5.50. The SMILES string of the molecule is Cc1cccc(-n2c(C)nn(C[NH+]3CCCC3)c2=S)c1. The summed E-state index contributed by atoms with van der Waals surface area (Å²) in [6.07, 6.45) is 2.64. The third kappa shape index (κ3) is 2.55. The molecule has 0 bridgehead atoms. The average molecular weight is 289 g/mol. The number of hydrogen-bond acceptors (Lipinski definition) is 2. The highest BCUT2D eigenvalue weighted by Crippen LogP contribution is 2.13. The molecular formula is C15H21N4S+. The Labute approximate surface area is 124 Å². The van der Waals surface area contributed by atoms with E-state index < -0.39 is 0 Å². The van der Waals surface area contributed by atoms with E-state index in [1.54, 1.807) is 4.90 Å². The Balaban J connectivity index is 1.96. The number of benzene rings is 1. The molecule has 106 valence electrons. The molecule has 5 heteroatoms. The van der Waals surface area contributed by atoms with Gasteiger partial charge in [0.25, 0.3) is 0 Å². The van der Waals surface area contributed by atoms with E-state index in [1.165, 1.54) is 31.5 Å². The van der Waals surface area contributed by atoms with E-state index in [0.29, 0.717) is 0 Å². The van der Waals surface area contributed by atoms with Crippen LogP contribution in [0.3, 0.4) is 0 Å². The van der Waals surface area contributed by atoms with Gasteiger partial charge in [-0.1, -0.05) is 12.1 Å². The van der Waals surface area contributed by atoms with E-state index in [0.717, 1.165) is 23.0 Å². The minimum atomic E-state index is 0.799. The summed E-state index contributed by atoms with van der Waals surface area (Å²) in [5.74, 6) is 0.958. The summed E-state index contributed by atoms with van der Waals surface area (Å²) < 4.78 is 4.85. The standard InChI is InChI=1S/C15H20N4S/c1-12-6-5-7-14(10-12)19-13(2)16-18(15(19)20)11-17-8-3-4-9-17/h5-7,10H,3-4,8-9,11H2,1-2H3/p+1. The van der Waals surface area contributed by atoms with E-state index in [2.05, 4.69) is 40.9 Å². The van der Waals surface area contributed by atoms with Gasteiger partial charge in [0.2, 0.25) is 4.77 Å². The monoisotopic (exact) mass is 289 g/mol. The molecule has 0 aliphatic carbocycles. The van der Waals surface area contributed by atoms with Crippen molar-refractivity contribution in [2.45, 2.75) is 33.4 Å². The lowest BCUT2D eigenvalue weighted by atomic mass is 10.2. The van der Waals surface area contributed by atoms with E-state index in [9.17, 15) is 0 Å². The molecule has 2 heterocycles. The quantitative estimate of drug-likeness (QED) is 0.870. The second-order valence-corrected chi connectivity index (χ2v) is 5.98. The zero-order valence-electron chi connectivity index (χ0n) is 12.1. The van der Waals surface area contributed by atoms with Gasteiger partial charge < -0.3 is 4.90 Å². The molecule has 1 N–H and O–H groups in total. The summed E-state index contributed by atoms with van der Waals surface area (Å²) in [7, 11) is 0. The van der Waals surface area contributed by atoms with Crippen LogP contribution in [0.4, 0.5) is 0 Å². The highest BCUT2D eigenvalue weighted by Gasteiger charge is 2.18. The number of aromatic nitrogens is 3. The predicted octanol–water partition coefficient (Wildman–Crippen LogP) is 1.66. The van der Waals surface area contributed by atoms with Crippen molar-refractivity contribution < 1.29 is 4.90 Å². The molecule has 0 amide bonds. The van der Waals surface area contributed by atoms with Crippen molar-refractivity contribution in [1.29, 1.82) is 0 Å². The second-order valence-electron chi connectivity index (χ2n) is 5.62. The van der Waals surface area contributed by atoms with E-state index in [1.807, 2.05) is 11.6 Å². The Morgan fingerprint density at radius 3 is 2.70 bits per heavy atom. The van der Waals surface area contributed by atoms with Crippen LogP contribution < -0.4 is 4.90 Å². The summed E-state index contributed by atoms with van der Waals surface area (Å²) >= 11 is 5.62. The number of aryl methyl sites for hydroxylation is 2. The highest BCUT2D eigenvalue weighted by atomic mass is 32.1. The first-order valence-corrected chi connectivity index (χ1v) is 7.63. The summed E-state index contributed by atoms with van der Waals surface area (Å²) in [5, 5.41) is 4.63. The predicted molar refractivity (Wildman–Crippen MR) is 81.8 cm³/mol. The number of nitrogens with zero attached hydrogens (tertiary/aromatic N) is 3. The van der Waals surface area contributed by atoms with Crippen LogP contribution >= 0.6 is 12.2 Å². The molecule has 2 aromatic rings. The first kappa shape index (κ1) is 13.5. The first-order valence-electron chi connectivity index (χ1n) is 7.22. The van der Waals surface area contributed by atoms with Crippen molar-refractivity contribution in [3.8, 4) is 5.69 Å². The Morgan fingerprint density at radius 2 is 2.00 bits per heavy atom. The van der Waals surface area contributed by atoms with E-state index >= 15 is 0 Å². The van der Waals surface area contributed by atoms with Crippen LogP contribution in [0.5, 0.6) is 0 Å². The van der Waals surface area contributed by atoms with Crippen molar-refractivity contribution in [3.05, 3.63) is 40.4 Å². The number of hydrogen-bond donors (Lipinski definition) is 1. The molecule has 1 fully saturated rings. The fourth-order valence-corrected chi connectivity index (χ4v) is 3.27. The van der Waals surface area contributed by atoms with Crippen molar-refractivity contribution in [2.24, 2.45) is 0 Å². The molecule has 0 radical (unpaired) electrons.